The summed E-state index contributed by atoms with van der Waals surface area (Å²) in [5.41, 5.74) is 1.09. The van der Waals surface area contributed by atoms with E-state index in [2.05, 4.69) is 6.58 Å². The third-order valence-corrected chi connectivity index (χ3v) is 3.88. The van der Waals surface area contributed by atoms with Gasteiger partial charge in [-0.15, -0.1) is 6.58 Å². The van der Waals surface area contributed by atoms with Crippen LogP contribution in [0.25, 0.3) is 0 Å². The fourth-order valence-corrected chi connectivity index (χ4v) is 2.72. The van der Waals surface area contributed by atoms with E-state index < -0.39 is 6.10 Å². The van der Waals surface area contributed by atoms with E-state index in [1.165, 1.54) is 24.3 Å². The highest BCUT2D eigenvalue weighted by atomic mass is 16.5. The summed E-state index contributed by atoms with van der Waals surface area (Å²) in [5.74, 6) is -0.371. The van der Waals surface area contributed by atoms with Crippen LogP contribution < -0.4 is 4.74 Å². The van der Waals surface area contributed by atoms with Crippen molar-refractivity contribution in [1.29, 1.82) is 0 Å². The summed E-state index contributed by atoms with van der Waals surface area (Å²) in [7, 11) is 0. The normalized spacial score (nSPS) is 16.5. The Hall–Kier alpha value is -2.95. The van der Waals surface area contributed by atoms with Gasteiger partial charge in [0.15, 0.2) is 5.78 Å². The first-order valence-electron chi connectivity index (χ1n) is 7.18. The summed E-state index contributed by atoms with van der Waals surface area (Å²) in [6.07, 6.45) is 1.33. The van der Waals surface area contributed by atoms with Crippen LogP contribution >= 0.6 is 0 Å². The smallest absolute Gasteiger partial charge is 0.174 e. The molecule has 0 spiro atoms. The zero-order chi connectivity index (χ0) is 16.6. The number of carbonyl (C=O) groups excluding carboxylic acids is 1. The molecule has 1 aliphatic rings. The van der Waals surface area contributed by atoms with Crippen LogP contribution in [0.4, 0.5) is 0 Å². The molecule has 3 N–H and O–H groups in total. The summed E-state index contributed by atoms with van der Waals surface area (Å²) in [6, 6.07) is 7.72. The molecule has 118 valence electrons. The highest BCUT2D eigenvalue weighted by Gasteiger charge is 2.32. The van der Waals surface area contributed by atoms with Gasteiger partial charge in [-0.05, 0) is 24.1 Å². The molecule has 0 radical (unpaired) electrons. The number of fused-ring (bicyclic) bond motifs is 1. The molecule has 0 fully saturated rings. The van der Waals surface area contributed by atoms with E-state index >= 15 is 0 Å². The minimum Gasteiger partial charge on any atom is -0.508 e. The van der Waals surface area contributed by atoms with E-state index in [1.54, 1.807) is 12.1 Å². The second-order valence-electron chi connectivity index (χ2n) is 5.41. The molecule has 3 rings (SSSR count). The van der Waals surface area contributed by atoms with Gasteiger partial charge >= 0.3 is 0 Å². The predicted molar refractivity (Wildman–Crippen MR) is 84.1 cm³/mol. The predicted octanol–water partition coefficient (Wildman–Crippen LogP) is 3.24. The number of Topliss-reactive ketones (excluding diaryl/α,β-unsaturated/α-hetero) is 1. The number of phenols is 3. The van der Waals surface area contributed by atoms with E-state index in [-0.39, 0.29) is 52.7 Å². The van der Waals surface area contributed by atoms with Crippen LogP contribution in [0.15, 0.2) is 43.0 Å². The van der Waals surface area contributed by atoms with Crippen LogP contribution in [0.3, 0.4) is 0 Å². The summed E-state index contributed by atoms with van der Waals surface area (Å²) in [6.45, 7) is 3.57. The molecule has 0 saturated carbocycles. The molecular weight excluding hydrogens is 296 g/mol. The molecule has 0 saturated heterocycles. The van der Waals surface area contributed by atoms with Crippen molar-refractivity contribution in [3.8, 4) is 23.0 Å². The molecule has 5 heteroatoms. The molecule has 2 aromatic carbocycles. The molecule has 0 aromatic heterocycles. The molecule has 0 bridgehead atoms. The Morgan fingerprint density at radius 3 is 2.57 bits per heavy atom. The number of ketones is 1. The summed E-state index contributed by atoms with van der Waals surface area (Å²) < 4.78 is 5.77. The molecular formula is C18H16O5. The highest BCUT2D eigenvalue weighted by molar-refractivity contribution is 6.03. The van der Waals surface area contributed by atoms with Gasteiger partial charge in [-0.1, -0.05) is 18.2 Å². The molecule has 5 nitrogen and oxygen atoms in total. The fraction of sp³-hybridized carbons (Fsp3) is 0.167. The van der Waals surface area contributed by atoms with Gasteiger partial charge in [-0.25, -0.2) is 0 Å². The SMILES string of the molecule is C=CCc1c(O)cc2c(c1O)C(=O)C[C@H](c1ccc(O)cc1)O2. The number of hydrogen-bond acceptors (Lipinski definition) is 5. The topological polar surface area (TPSA) is 87.0 Å². The van der Waals surface area contributed by atoms with Crippen LogP contribution in [-0.2, 0) is 6.42 Å². The van der Waals surface area contributed by atoms with Crippen molar-refractivity contribution in [2.75, 3.05) is 0 Å². The number of ether oxygens (including phenoxy) is 1. The summed E-state index contributed by atoms with van der Waals surface area (Å²) in [5, 5.41) is 29.6. The van der Waals surface area contributed by atoms with Crippen LogP contribution in [0, 0.1) is 0 Å². The first-order chi connectivity index (χ1) is 11.0. The van der Waals surface area contributed by atoms with E-state index in [0.717, 1.165) is 5.56 Å². The van der Waals surface area contributed by atoms with E-state index in [0.29, 0.717) is 0 Å². The summed E-state index contributed by atoms with van der Waals surface area (Å²) >= 11 is 0. The Bertz CT molecular complexity index is 777. The number of phenolic OH excluding ortho intramolecular Hbond substituents is 3. The average molecular weight is 312 g/mol. The highest BCUT2D eigenvalue weighted by Crippen LogP contribution is 2.44. The average Bonchev–Trinajstić information content (AvgIpc) is 2.51. The zero-order valence-electron chi connectivity index (χ0n) is 12.3. The van der Waals surface area contributed by atoms with Crippen molar-refractivity contribution in [3.05, 3.63) is 59.7 Å². The molecule has 1 heterocycles. The minimum absolute atomic E-state index is 0.0731. The second-order valence-corrected chi connectivity index (χ2v) is 5.41. The maximum Gasteiger partial charge on any atom is 0.174 e. The van der Waals surface area contributed by atoms with Gasteiger partial charge in [0.05, 0.1) is 6.42 Å². The van der Waals surface area contributed by atoms with Gasteiger partial charge in [-0.3, -0.25) is 4.79 Å². The van der Waals surface area contributed by atoms with Gasteiger partial charge in [0.25, 0.3) is 0 Å². The van der Waals surface area contributed by atoms with Crippen LogP contribution in [0.2, 0.25) is 0 Å². The molecule has 0 amide bonds. The number of allylic oxidation sites excluding steroid dienone is 1. The van der Waals surface area contributed by atoms with Crippen molar-refractivity contribution >= 4 is 5.78 Å². The largest absolute Gasteiger partial charge is 0.508 e. The van der Waals surface area contributed by atoms with Gasteiger partial charge in [0.2, 0.25) is 0 Å². The number of carbonyl (C=O) groups is 1. The molecule has 1 aliphatic heterocycles. The Balaban J connectivity index is 2.02. The Kier molecular flexibility index (Phi) is 3.70. The zero-order valence-corrected chi connectivity index (χ0v) is 12.3. The number of aromatic hydroxyl groups is 3. The molecule has 0 aliphatic carbocycles. The molecule has 0 unspecified atom stereocenters. The van der Waals surface area contributed by atoms with Crippen molar-refractivity contribution in [2.45, 2.75) is 18.9 Å². The maximum atomic E-state index is 12.4. The van der Waals surface area contributed by atoms with Crippen LogP contribution in [0.1, 0.15) is 34.0 Å². The van der Waals surface area contributed by atoms with Gasteiger partial charge < -0.3 is 20.1 Å². The van der Waals surface area contributed by atoms with Crippen molar-refractivity contribution in [2.24, 2.45) is 0 Å². The molecule has 2 aromatic rings. The minimum atomic E-state index is -0.528. The standard InChI is InChI=1S/C18H16O5/c1-2-3-12-13(20)8-16-17(18(12)22)14(21)9-15(23-16)10-4-6-11(19)7-5-10/h2,4-8,15,19-20,22H,1,3,9H2/t15-/m1/s1. The third kappa shape index (κ3) is 2.61. The Labute approximate surface area is 133 Å². The lowest BCUT2D eigenvalue weighted by Gasteiger charge is -2.27. The lowest BCUT2D eigenvalue weighted by Crippen LogP contribution is -2.20. The Morgan fingerprint density at radius 1 is 1.22 bits per heavy atom. The van der Waals surface area contributed by atoms with Gasteiger partial charge in [0, 0.05) is 11.6 Å². The van der Waals surface area contributed by atoms with Crippen molar-refractivity contribution in [1.82, 2.24) is 0 Å². The first-order valence-corrected chi connectivity index (χ1v) is 7.18. The second kappa shape index (κ2) is 5.68. The van der Waals surface area contributed by atoms with Crippen molar-refractivity contribution in [3.63, 3.8) is 0 Å². The van der Waals surface area contributed by atoms with E-state index in [1.807, 2.05) is 0 Å². The maximum absolute atomic E-state index is 12.4. The Morgan fingerprint density at radius 2 is 1.91 bits per heavy atom. The van der Waals surface area contributed by atoms with Crippen molar-refractivity contribution < 1.29 is 24.9 Å². The van der Waals surface area contributed by atoms with Gasteiger partial charge in [-0.2, -0.15) is 0 Å². The van der Waals surface area contributed by atoms with E-state index in [4.69, 9.17) is 4.74 Å². The molecule has 23 heavy (non-hydrogen) atoms. The number of rotatable bonds is 3. The van der Waals surface area contributed by atoms with Gasteiger partial charge in [0.1, 0.15) is 34.7 Å². The first kappa shape index (κ1) is 15.0. The third-order valence-electron chi connectivity index (χ3n) is 3.88. The van der Waals surface area contributed by atoms with Crippen LogP contribution in [-0.4, -0.2) is 21.1 Å². The van der Waals surface area contributed by atoms with Crippen LogP contribution in [0.5, 0.6) is 23.0 Å². The number of hydrogen-bond donors (Lipinski definition) is 3. The van der Waals surface area contributed by atoms with E-state index in [9.17, 15) is 20.1 Å². The lowest BCUT2D eigenvalue weighted by atomic mass is 9.93. The fourth-order valence-electron chi connectivity index (χ4n) is 2.72. The molecule has 1 atom stereocenters. The monoisotopic (exact) mass is 312 g/mol. The summed E-state index contributed by atoms with van der Waals surface area (Å²) in [4.78, 5) is 12.4. The lowest BCUT2D eigenvalue weighted by molar-refractivity contribution is 0.0844. The quantitative estimate of drug-likeness (QED) is 0.757. The number of benzene rings is 2.